The summed E-state index contributed by atoms with van der Waals surface area (Å²) in [5.74, 6) is -0.219. The maximum Gasteiger partial charge on any atom is 0.324 e. The number of pyridine rings is 2. The highest BCUT2D eigenvalue weighted by Crippen LogP contribution is 2.34. The second-order valence-electron chi connectivity index (χ2n) is 7.15. The highest BCUT2D eigenvalue weighted by atomic mass is 16.2. The number of urea groups is 1. The van der Waals surface area contributed by atoms with Gasteiger partial charge >= 0.3 is 6.03 Å². The smallest absolute Gasteiger partial charge is 0.324 e. The molecule has 2 aromatic heterocycles. The first-order valence-corrected chi connectivity index (χ1v) is 9.67. The third-order valence-electron chi connectivity index (χ3n) is 5.26. The third-order valence-corrected chi connectivity index (χ3v) is 5.26. The zero-order valence-corrected chi connectivity index (χ0v) is 16.8. The van der Waals surface area contributed by atoms with Crippen molar-refractivity contribution in [3.05, 3.63) is 59.5 Å². The molecule has 3 aromatic rings. The fourth-order valence-electron chi connectivity index (χ4n) is 3.74. The number of anilines is 2. The Hall–Kier alpha value is -3.48. The van der Waals surface area contributed by atoms with E-state index in [0.29, 0.717) is 36.3 Å². The van der Waals surface area contributed by atoms with E-state index in [1.165, 1.54) is 0 Å². The Kier molecular flexibility index (Phi) is 4.88. The molecular formula is C22H23N5O2. The van der Waals surface area contributed by atoms with Crippen molar-refractivity contribution in [2.45, 2.75) is 20.3 Å². The molecule has 7 nitrogen and oxygen atoms in total. The summed E-state index contributed by atoms with van der Waals surface area (Å²) >= 11 is 0. The molecule has 29 heavy (non-hydrogen) atoms. The van der Waals surface area contributed by atoms with Crippen molar-refractivity contribution >= 4 is 34.2 Å². The van der Waals surface area contributed by atoms with Crippen LogP contribution < -0.4 is 10.2 Å². The molecule has 0 radical (unpaired) electrons. The van der Waals surface area contributed by atoms with Gasteiger partial charge in [0.1, 0.15) is 0 Å². The first kappa shape index (κ1) is 18.9. The molecule has 3 heterocycles. The molecule has 1 saturated heterocycles. The fourth-order valence-corrected chi connectivity index (χ4v) is 3.74. The monoisotopic (exact) mass is 389 g/mol. The molecule has 1 aliphatic heterocycles. The lowest BCUT2D eigenvalue weighted by Gasteiger charge is -2.21. The maximum atomic E-state index is 12.9. The lowest BCUT2D eigenvalue weighted by atomic mass is 10.1. The van der Waals surface area contributed by atoms with Gasteiger partial charge in [-0.15, -0.1) is 0 Å². The molecular weight excluding hydrogens is 366 g/mol. The van der Waals surface area contributed by atoms with Crippen molar-refractivity contribution in [2.24, 2.45) is 0 Å². The summed E-state index contributed by atoms with van der Waals surface area (Å²) in [5.41, 5.74) is 4.34. The van der Waals surface area contributed by atoms with Gasteiger partial charge in [-0.25, -0.2) is 4.79 Å². The Balaban J connectivity index is 1.76. The van der Waals surface area contributed by atoms with Gasteiger partial charge in [0, 0.05) is 37.9 Å². The minimum atomic E-state index is -0.219. The van der Waals surface area contributed by atoms with Gasteiger partial charge in [0.2, 0.25) is 0 Å². The number of nitrogens with zero attached hydrogens (tertiary/aromatic N) is 4. The van der Waals surface area contributed by atoms with Gasteiger partial charge < -0.3 is 10.2 Å². The lowest BCUT2D eigenvalue weighted by Crippen LogP contribution is -2.30. The normalized spacial score (nSPS) is 14.0. The number of aromatic nitrogens is 2. The second-order valence-corrected chi connectivity index (χ2v) is 7.15. The van der Waals surface area contributed by atoms with E-state index in [2.05, 4.69) is 15.3 Å². The van der Waals surface area contributed by atoms with Gasteiger partial charge in [0.05, 0.1) is 28.1 Å². The van der Waals surface area contributed by atoms with Crippen LogP contribution in [0.3, 0.4) is 0 Å². The van der Waals surface area contributed by atoms with Crippen LogP contribution in [-0.4, -0.2) is 46.9 Å². The van der Waals surface area contributed by atoms with Crippen LogP contribution in [0.1, 0.15) is 28.5 Å². The van der Waals surface area contributed by atoms with Crippen molar-refractivity contribution in [3.8, 4) is 0 Å². The quantitative estimate of drug-likeness (QED) is 0.739. The van der Waals surface area contributed by atoms with Crippen molar-refractivity contribution in [1.29, 1.82) is 0 Å². The van der Waals surface area contributed by atoms with E-state index in [1.807, 2.05) is 32.0 Å². The lowest BCUT2D eigenvalue weighted by molar-refractivity contribution is 0.102. The van der Waals surface area contributed by atoms with Crippen LogP contribution in [0.15, 0.2) is 42.7 Å². The topological polar surface area (TPSA) is 78.4 Å². The summed E-state index contributed by atoms with van der Waals surface area (Å²) in [6.07, 6.45) is 4.11. The van der Waals surface area contributed by atoms with E-state index >= 15 is 0 Å². The molecule has 7 heteroatoms. The first-order chi connectivity index (χ1) is 14.0. The van der Waals surface area contributed by atoms with E-state index in [9.17, 15) is 9.59 Å². The van der Waals surface area contributed by atoms with Crippen LogP contribution >= 0.6 is 0 Å². The average Bonchev–Trinajstić information content (AvgIpc) is 3.06. The summed E-state index contributed by atoms with van der Waals surface area (Å²) in [4.78, 5) is 37.8. The molecule has 1 fully saturated rings. The summed E-state index contributed by atoms with van der Waals surface area (Å²) in [5, 5.41) is 3.82. The number of likely N-dealkylation sites (N-methyl/N-ethyl adjacent to an activating group) is 1. The number of fused-ring (bicyclic) bond motifs is 1. The minimum Gasteiger partial charge on any atom is -0.326 e. The number of benzene rings is 1. The van der Waals surface area contributed by atoms with Crippen molar-refractivity contribution in [1.82, 2.24) is 14.9 Å². The van der Waals surface area contributed by atoms with Crippen LogP contribution in [0.25, 0.3) is 10.9 Å². The Morgan fingerprint density at radius 2 is 2.00 bits per heavy atom. The SMILES string of the molecule is CCc1ncccc1C(=O)Nc1cccc2c(N3CCN(C)C3=O)c(C)cnc12. The number of rotatable bonds is 4. The number of carbonyl (C=O) groups excluding carboxylic acids is 2. The zero-order chi connectivity index (χ0) is 20.5. The molecule has 4 rings (SSSR count). The van der Waals surface area contributed by atoms with E-state index in [-0.39, 0.29) is 11.9 Å². The summed E-state index contributed by atoms with van der Waals surface area (Å²) in [7, 11) is 1.80. The van der Waals surface area contributed by atoms with E-state index in [1.54, 1.807) is 41.4 Å². The molecule has 0 unspecified atom stereocenters. The maximum absolute atomic E-state index is 12.9. The number of carbonyl (C=O) groups is 2. The number of amides is 3. The molecule has 0 spiro atoms. The molecule has 1 aliphatic rings. The van der Waals surface area contributed by atoms with Gasteiger partial charge in [-0.05, 0) is 37.1 Å². The first-order valence-electron chi connectivity index (χ1n) is 9.67. The highest BCUT2D eigenvalue weighted by molar-refractivity contribution is 6.12. The molecule has 148 valence electrons. The van der Waals surface area contributed by atoms with Gasteiger partial charge in [-0.3, -0.25) is 19.7 Å². The number of aryl methyl sites for hydroxylation is 2. The Morgan fingerprint density at radius 1 is 1.17 bits per heavy atom. The fraction of sp³-hybridized carbons (Fsp3) is 0.273. The predicted molar refractivity (Wildman–Crippen MR) is 113 cm³/mol. The Labute approximate surface area is 169 Å². The molecule has 1 N–H and O–H groups in total. The van der Waals surface area contributed by atoms with Crippen LogP contribution in [0.4, 0.5) is 16.2 Å². The summed E-state index contributed by atoms with van der Waals surface area (Å²) in [6, 6.07) is 9.13. The van der Waals surface area contributed by atoms with Crippen LogP contribution in [0.5, 0.6) is 0 Å². The minimum absolute atomic E-state index is 0.0296. The Morgan fingerprint density at radius 3 is 2.72 bits per heavy atom. The van der Waals surface area contributed by atoms with Crippen LogP contribution in [0.2, 0.25) is 0 Å². The van der Waals surface area contributed by atoms with E-state index < -0.39 is 0 Å². The molecule has 3 amide bonds. The number of hydrogen-bond acceptors (Lipinski definition) is 4. The third kappa shape index (κ3) is 3.29. The van der Waals surface area contributed by atoms with Gasteiger partial charge in [-0.1, -0.05) is 19.1 Å². The second kappa shape index (κ2) is 7.50. The van der Waals surface area contributed by atoms with Crippen molar-refractivity contribution < 1.29 is 9.59 Å². The molecule has 0 saturated carbocycles. The molecule has 1 aromatic carbocycles. The van der Waals surface area contributed by atoms with Gasteiger partial charge in [0.25, 0.3) is 5.91 Å². The standard InChI is InChI=1S/C22H23N5O2/c1-4-17-15(8-6-10-23-17)21(28)25-18-9-5-7-16-19(18)24-13-14(2)20(16)27-12-11-26(3)22(27)29/h5-10,13H,4,11-12H2,1-3H3,(H,25,28). The van der Waals surface area contributed by atoms with Gasteiger partial charge in [0.15, 0.2) is 0 Å². The highest BCUT2D eigenvalue weighted by Gasteiger charge is 2.29. The number of nitrogens with one attached hydrogen (secondary N) is 1. The van der Waals surface area contributed by atoms with Gasteiger partial charge in [-0.2, -0.15) is 0 Å². The van der Waals surface area contributed by atoms with Crippen LogP contribution in [0, 0.1) is 6.92 Å². The van der Waals surface area contributed by atoms with E-state index in [0.717, 1.165) is 22.3 Å². The molecule has 0 atom stereocenters. The Bertz CT molecular complexity index is 1110. The number of hydrogen-bond donors (Lipinski definition) is 1. The van der Waals surface area contributed by atoms with Crippen LogP contribution in [-0.2, 0) is 6.42 Å². The molecule has 0 aliphatic carbocycles. The summed E-state index contributed by atoms with van der Waals surface area (Å²) in [6.45, 7) is 5.22. The predicted octanol–water partition coefficient (Wildman–Crippen LogP) is 3.62. The summed E-state index contributed by atoms with van der Waals surface area (Å²) < 4.78 is 0. The average molecular weight is 389 g/mol. The van der Waals surface area contributed by atoms with E-state index in [4.69, 9.17) is 0 Å². The van der Waals surface area contributed by atoms with Crippen molar-refractivity contribution in [3.63, 3.8) is 0 Å². The van der Waals surface area contributed by atoms with Crippen molar-refractivity contribution in [2.75, 3.05) is 30.4 Å². The largest absolute Gasteiger partial charge is 0.326 e. The molecule has 0 bridgehead atoms. The zero-order valence-electron chi connectivity index (χ0n) is 16.8. The number of para-hydroxylation sites is 1.